The average Bonchev–Trinajstić information content (AvgIpc) is 2.78. The van der Waals surface area contributed by atoms with Crippen molar-refractivity contribution in [1.82, 2.24) is 9.80 Å². The van der Waals surface area contributed by atoms with Gasteiger partial charge >= 0.3 is 0 Å². The first kappa shape index (κ1) is 18.3. The first-order valence-electron chi connectivity index (χ1n) is 9.67. The fourth-order valence-electron chi connectivity index (χ4n) is 4.16. The summed E-state index contributed by atoms with van der Waals surface area (Å²) in [6.07, 6.45) is 2.39. The Morgan fingerprint density at radius 3 is 2.81 bits per heavy atom. The second-order valence-electron chi connectivity index (χ2n) is 7.69. The molecule has 3 aliphatic heterocycles. The summed E-state index contributed by atoms with van der Waals surface area (Å²) in [7, 11) is 0. The van der Waals surface area contributed by atoms with Gasteiger partial charge in [0.15, 0.2) is 0 Å². The molecular weight excluding hydrogens is 348 g/mol. The molecule has 0 aromatic heterocycles. The maximum Gasteiger partial charge on any atom is 0.258 e. The fraction of sp³-hybridized carbons (Fsp3) is 0.600. The third-order valence-corrected chi connectivity index (χ3v) is 5.69. The zero-order chi connectivity index (χ0) is 18.9. The number of carbonyl (C=O) groups excluding carboxylic acids is 2. The molecule has 146 valence electrons. The van der Waals surface area contributed by atoms with Crippen molar-refractivity contribution in [2.24, 2.45) is 0 Å². The van der Waals surface area contributed by atoms with Crippen LogP contribution in [0.4, 0.5) is 0 Å². The van der Waals surface area contributed by atoms with Gasteiger partial charge in [-0.05, 0) is 25.0 Å². The summed E-state index contributed by atoms with van der Waals surface area (Å²) in [5.41, 5.74) is -0.0327. The lowest BCUT2D eigenvalue weighted by Gasteiger charge is -2.39. The van der Waals surface area contributed by atoms with Gasteiger partial charge in [0.25, 0.3) is 5.91 Å². The summed E-state index contributed by atoms with van der Waals surface area (Å²) in [5, 5.41) is 9.85. The Bertz CT molecular complexity index is 716. The summed E-state index contributed by atoms with van der Waals surface area (Å²) in [6, 6.07) is 7.23. The molecule has 1 atom stereocenters. The van der Waals surface area contributed by atoms with Crippen LogP contribution in [-0.2, 0) is 9.53 Å². The molecule has 0 aliphatic carbocycles. The third-order valence-electron chi connectivity index (χ3n) is 5.69. The van der Waals surface area contributed by atoms with E-state index in [0.29, 0.717) is 57.0 Å². The van der Waals surface area contributed by atoms with E-state index < -0.39 is 11.7 Å². The first-order chi connectivity index (χ1) is 13.1. The van der Waals surface area contributed by atoms with Crippen LogP contribution in [0, 0.1) is 0 Å². The molecule has 1 N–H and O–H groups in total. The number of β-amino-alcohol motifs (C(OH)–C–C–N with tert-alkyl or cyclic N) is 1. The number of hydrogen-bond donors (Lipinski definition) is 1. The number of likely N-dealkylation sites (tertiary alicyclic amines) is 1. The van der Waals surface area contributed by atoms with Crippen LogP contribution >= 0.6 is 0 Å². The van der Waals surface area contributed by atoms with Gasteiger partial charge in [0.05, 0.1) is 31.4 Å². The lowest BCUT2D eigenvalue weighted by Crippen LogP contribution is -2.53. The molecule has 7 heteroatoms. The number of fused-ring (bicyclic) bond motifs is 1. The van der Waals surface area contributed by atoms with E-state index in [9.17, 15) is 14.7 Å². The Labute approximate surface area is 158 Å². The van der Waals surface area contributed by atoms with Crippen LogP contribution in [0.15, 0.2) is 24.3 Å². The second-order valence-corrected chi connectivity index (χ2v) is 7.69. The van der Waals surface area contributed by atoms with Crippen LogP contribution < -0.4 is 4.74 Å². The highest BCUT2D eigenvalue weighted by Crippen LogP contribution is 2.35. The topological polar surface area (TPSA) is 79.3 Å². The minimum absolute atomic E-state index is 0.00581. The smallest absolute Gasteiger partial charge is 0.258 e. The maximum absolute atomic E-state index is 13.1. The minimum Gasteiger partial charge on any atom is -0.484 e. The number of rotatable bonds is 2. The Balaban J connectivity index is 1.58. The predicted octanol–water partition coefficient (Wildman–Crippen LogP) is 1.05. The fourth-order valence-corrected chi connectivity index (χ4v) is 4.16. The van der Waals surface area contributed by atoms with Crippen LogP contribution in [0.25, 0.3) is 0 Å². The second kappa shape index (κ2) is 7.48. The predicted molar refractivity (Wildman–Crippen MR) is 97.6 cm³/mol. The number of piperidine rings is 1. The lowest BCUT2D eigenvalue weighted by molar-refractivity contribution is -0.135. The Kier molecular flexibility index (Phi) is 5.06. The van der Waals surface area contributed by atoms with Gasteiger partial charge in [-0.2, -0.15) is 0 Å². The van der Waals surface area contributed by atoms with Gasteiger partial charge in [0, 0.05) is 25.9 Å². The SMILES string of the molecule is O=C(CN1CC2(CCOCC2)Oc2ccccc2C1=O)N1CCCC(O)C1. The molecule has 0 saturated carbocycles. The van der Waals surface area contributed by atoms with Crippen molar-refractivity contribution in [3.8, 4) is 5.75 Å². The van der Waals surface area contributed by atoms with Gasteiger partial charge in [-0.25, -0.2) is 0 Å². The Morgan fingerprint density at radius 1 is 1.26 bits per heavy atom. The number of amides is 2. The van der Waals surface area contributed by atoms with E-state index in [1.807, 2.05) is 18.2 Å². The van der Waals surface area contributed by atoms with Crippen LogP contribution in [-0.4, -0.2) is 77.8 Å². The number of ether oxygens (including phenoxy) is 2. The van der Waals surface area contributed by atoms with Gasteiger partial charge in [0.1, 0.15) is 17.9 Å². The molecule has 1 unspecified atom stereocenters. The number of carbonyl (C=O) groups is 2. The van der Waals surface area contributed by atoms with Crippen molar-refractivity contribution in [3.05, 3.63) is 29.8 Å². The van der Waals surface area contributed by atoms with E-state index in [-0.39, 0.29) is 18.4 Å². The lowest BCUT2D eigenvalue weighted by atomic mass is 9.93. The molecule has 0 radical (unpaired) electrons. The Morgan fingerprint density at radius 2 is 2.04 bits per heavy atom. The van der Waals surface area contributed by atoms with E-state index in [2.05, 4.69) is 0 Å². The van der Waals surface area contributed by atoms with Crippen molar-refractivity contribution >= 4 is 11.8 Å². The molecular formula is C20H26N2O5. The van der Waals surface area contributed by atoms with E-state index >= 15 is 0 Å². The van der Waals surface area contributed by atoms with Gasteiger partial charge < -0.3 is 24.4 Å². The van der Waals surface area contributed by atoms with Gasteiger partial charge in [-0.3, -0.25) is 9.59 Å². The summed E-state index contributed by atoms with van der Waals surface area (Å²) < 4.78 is 11.8. The highest BCUT2D eigenvalue weighted by molar-refractivity contribution is 5.99. The van der Waals surface area contributed by atoms with Gasteiger partial charge in [-0.1, -0.05) is 12.1 Å². The molecule has 1 aromatic carbocycles. The van der Waals surface area contributed by atoms with Crippen LogP contribution in [0.5, 0.6) is 5.75 Å². The quantitative estimate of drug-likeness (QED) is 0.837. The molecule has 7 nitrogen and oxygen atoms in total. The molecule has 1 spiro atoms. The summed E-state index contributed by atoms with van der Waals surface area (Å²) in [4.78, 5) is 29.2. The zero-order valence-electron chi connectivity index (χ0n) is 15.4. The van der Waals surface area contributed by atoms with Gasteiger partial charge in [0.2, 0.25) is 5.91 Å². The van der Waals surface area contributed by atoms with Gasteiger partial charge in [-0.15, -0.1) is 0 Å². The third kappa shape index (κ3) is 3.80. The Hall–Kier alpha value is -2.12. The number of benzene rings is 1. The molecule has 2 fully saturated rings. The normalized spacial score (nSPS) is 24.9. The minimum atomic E-state index is -0.526. The molecule has 3 heterocycles. The highest BCUT2D eigenvalue weighted by Gasteiger charge is 2.42. The van der Waals surface area contributed by atoms with Crippen LogP contribution in [0.1, 0.15) is 36.0 Å². The van der Waals surface area contributed by atoms with Crippen molar-refractivity contribution in [2.45, 2.75) is 37.4 Å². The first-order valence-corrected chi connectivity index (χ1v) is 9.67. The summed E-state index contributed by atoms with van der Waals surface area (Å²) in [5.74, 6) is 0.274. The standard InChI is InChI=1S/C20H26N2O5/c23-15-4-3-9-21(12-15)18(24)13-22-14-20(7-10-26-11-8-20)27-17-6-2-1-5-16(17)19(22)25/h1-2,5-6,15,23H,3-4,7-14H2. The number of aliphatic hydroxyl groups excluding tert-OH is 1. The molecule has 1 aromatic rings. The molecule has 4 rings (SSSR count). The number of aliphatic hydroxyl groups is 1. The van der Waals surface area contributed by atoms with Crippen molar-refractivity contribution in [2.75, 3.05) is 39.4 Å². The van der Waals surface area contributed by atoms with E-state index in [0.717, 1.165) is 12.8 Å². The van der Waals surface area contributed by atoms with Crippen molar-refractivity contribution < 1.29 is 24.2 Å². The van der Waals surface area contributed by atoms with E-state index in [1.54, 1.807) is 15.9 Å². The maximum atomic E-state index is 13.1. The number of hydrogen-bond acceptors (Lipinski definition) is 5. The van der Waals surface area contributed by atoms with Crippen molar-refractivity contribution in [1.29, 1.82) is 0 Å². The zero-order valence-corrected chi connectivity index (χ0v) is 15.4. The van der Waals surface area contributed by atoms with E-state index in [1.165, 1.54) is 0 Å². The molecule has 27 heavy (non-hydrogen) atoms. The molecule has 3 aliphatic rings. The summed E-state index contributed by atoms with van der Waals surface area (Å²) >= 11 is 0. The number of para-hydroxylation sites is 1. The largest absolute Gasteiger partial charge is 0.484 e. The highest BCUT2D eigenvalue weighted by atomic mass is 16.5. The average molecular weight is 374 g/mol. The molecule has 0 bridgehead atoms. The monoisotopic (exact) mass is 374 g/mol. The van der Waals surface area contributed by atoms with Crippen LogP contribution in [0.2, 0.25) is 0 Å². The van der Waals surface area contributed by atoms with Crippen LogP contribution in [0.3, 0.4) is 0 Å². The summed E-state index contributed by atoms with van der Waals surface area (Å²) in [6.45, 7) is 2.50. The van der Waals surface area contributed by atoms with E-state index in [4.69, 9.17) is 9.47 Å². The van der Waals surface area contributed by atoms with Crippen molar-refractivity contribution in [3.63, 3.8) is 0 Å². The molecule has 2 saturated heterocycles. The molecule has 2 amide bonds. The number of nitrogens with zero attached hydrogens (tertiary/aromatic N) is 2.